The number of anilines is 2. The van der Waals surface area contributed by atoms with Crippen LogP contribution in [0.4, 0.5) is 20.2 Å². The molecule has 0 saturated carbocycles. The minimum Gasteiger partial charge on any atom is -0.371 e. The Kier molecular flexibility index (Phi) is 4.82. The molecule has 29 heavy (non-hydrogen) atoms. The number of rotatable bonds is 4. The van der Waals surface area contributed by atoms with Gasteiger partial charge in [0, 0.05) is 30.5 Å². The highest BCUT2D eigenvalue weighted by atomic mass is 19.1. The molecule has 0 fully saturated rings. The van der Waals surface area contributed by atoms with Crippen LogP contribution in [0.25, 0.3) is 5.69 Å². The number of likely N-dealkylation sites (N-methyl/N-ethyl adjacent to an activating group) is 1. The van der Waals surface area contributed by atoms with E-state index in [0.717, 1.165) is 31.3 Å². The Morgan fingerprint density at radius 2 is 1.93 bits per heavy atom. The van der Waals surface area contributed by atoms with E-state index in [9.17, 15) is 13.6 Å². The first kappa shape index (κ1) is 19.1. The van der Waals surface area contributed by atoms with E-state index in [1.165, 1.54) is 22.4 Å². The monoisotopic (exact) mass is 396 g/mol. The number of aromatic nitrogens is 2. The van der Waals surface area contributed by atoms with Crippen molar-refractivity contribution in [3.63, 3.8) is 0 Å². The van der Waals surface area contributed by atoms with Gasteiger partial charge in [-0.15, -0.1) is 0 Å². The second kappa shape index (κ2) is 7.31. The van der Waals surface area contributed by atoms with Crippen LogP contribution >= 0.6 is 0 Å². The molecule has 2 heterocycles. The lowest BCUT2D eigenvalue weighted by Crippen LogP contribution is -2.19. The maximum absolute atomic E-state index is 14.2. The van der Waals surface area contributed by atoms with Crippen LogP contribution < -0.4 is 10.2 Å². The minimum absolute atomic E-state index is 0.0992. The summed E-state index contributed by atoms with van der Waals surface area (Å²) in [6.07, 6.45) is 1.01. The number of benzene rings is 2. The van der Waals surface area contributed by atoms with Crippen molar-refractivity contribution < 1.29 is 13.6 Å². The summed E-state index contributed by atoms with van der Waals surface area (Å²) in [6.45, 7) is 7.40. The third-order valence-corrected chi connectivity index (χ3v) is 5.37. The summed E-state index contributed by atoms with van der Waals surface area (Å²) in [5.74, 6) is -1.71. The maximum atomic E-state index is 14.2. The molecule has 0 radical (unpaired) electrons. The van der Waals surface area contributed by atoms with E-state index >= 15 is 0 Å². The number of hydrogen-bond acceptors (Lipinski definition) is 3. The molecule has 0 atom stereocenters. The minimum atomic E-state index is -0.735. The molecule has 1 amide bonds. The molecule has 1 aromatic heterocycles. The van der Waals surface area contributed by atoms with Crippen LogP contribution in [-0.4, -0.2) is 28.8 Å². The fourth-order valence-electron chi connectivity index (χ4n) is 3.90. The molecular weight excluding hydrogens is 374 g/mol. The van der Waals surface area contributed by atoms with E-state index in [-0.39, 0.29) is 11.6 Å². The van der Waals surface area contributed by atoms with Crippen molar-refractivity contribution in [3.05, 3.63) is 70.5 Å². The summed E-state index contributed by atoms with van der Waals surface area (Å²) in [5, 5.41) is 7.23. The largest absolute Gasteiger partial charge is 0.371 e. The van der Waals surface area contributed by atoms with Crippen LogP contribution in [0.3, 0.4) is 0 Å². The number of hydrogen-bond donors (Lipinski definition) is 1. The number of halogens is 2. The highest BCUT2D eigenvalue weighted by molar-refractivity contribution is 6.06. The standard InChI is InChI=1S/C22H22F2N4O/c1-4-27-10-9-15-5-7-17(12-20(15)27)25-22(29)21-13(2)26-28(14(21)3)19-8-6-16(23)11-18(19)24/h5-8,11-12H,4,9-10H2,1-3H3,(H,25,29). The Balaban J connectivity index is 1.64. The van der Waals surface area contributed by atoms with Crippen LogP contribution in [0.15, 0.2) is 36.4 Å². The van der Waals surface area contributed by atoms with E-state index in [2.05, 4.69) is 22.2 Å². The molecule has 3 aromatic rings. The molecular formula is C22H22F2N4O. The van der Waals surface area contributed by atoms with E-state index in [1.54, 1.807) is 13.8 Å². The number of carbonyl (C=O) groups is 1. The summed E-state index contributed by atoms with van der Waals surface area (Å²) in [4.78, 5) is 15.2. The summed E-state index contributed by atoms with van der Waals surface area (Å²) in [5.41, 5.74) is 4.55. The average molecular weight is 396 g/mol. The first-order valence-electron chi connectivity index (χ1n) is 9.60. The molecule has 0 aliphatic carbocycles. The Bertz CT molecular complexity index is 1110. The molecule has 0 bridgehead atoms. The van der Waals surface area contributed by atoms with E-state index < -0.39 is 11.6 Å². The van der Waals surface area contributed by atoms with Gasteiger partial charge < -0.3 is 10.2 Å². The SMILES string of the molecule is CCN1CCc2ccc(NC(=O)c3c(C)nn(-c4ccc(F)cc4F)c3C)cc21. The van der Waals surface area contributed by atoms with Gasteiger partial charge in [-0.25, -0.2) is 13.5 Å². The molecule has 1 aliphatic rings. The highest BCUT2D eigenvalue weighted by Gasteiger charge is 2.22. The van der Waals surface area contributed by atoms with Crippen LogP contribution in [0.1, 0.15) is 34.2 Å². The Hall–Kier alpha value is -3.22. The maximum Gasteiger partial charge on any atom is 0.259 e. The van der Waals surface area contributed by atoms with Gasteiger partial charge in [0.15, 0.2) is 5.82 Å². The normalized spacial score (nSPS) is 12.9. The van der Waals surface area contributed by atoms with Crippen molar-refractivity contribution in [2.75, 3.05) is 23.3 Å². The molecule has 5 nitrogen and oxygen atoms in total. The number of aryl methyl sites for hydroxylation is 1. The van der Waals surface area contributed by atoms with Gasteiger partial charge in [-0.05, 0) is 57.0 Å². The quantitative estimate of drug-likeness (QED) is 0.711. The van der Waals surface area contributed by atoms with Gasteiger partial charge in [-0.2, -0.15) is 5.10 Å². The van der Waals surface area contributed by atoms with Crippen molar-refractivity contribution in [3.8, 4) is 5.69 Å². The third kappa shape index (κ3) is 3.37. The van der Waals surface area contributed by atoms with Crippen molar-refractivity contribution in [2.24, 2.45) is 0 Å². The van der Waals surface area contributed by atoms with Gasteiger partial charge in [-0.3, -0.25) is 4.79 Å². The molecule has 4 rings (SSSR count). The van der Waals surface area contributed by atoms with E-state index in [1.807, 2.05) is 18.2 Å². The number of nitrogens with one attached hydrogen (secondary N) is 1. The third-order valence-electron chi connectivity index (χ3n) is 5.37. The molecule has 1 aliphatic heterocycles. The molecule has 0 unspecified atom stereocenters. The lowest BCUT2D eigenvalue weighted by atomic mass is 10.1. The van der Waals surface area contributed by atoms with Crippen molar-refractivity contribution in [1.82, 2.24) is 9.78 Å². The smallest absolute Gasteiger partial charge is 0.259 e. The van der Waals surface area contributed by atoms with E-state index in [4.69, 9.17) is 0 Å². The summed E-state index contributed by atoms with van der Waals surface area (Å²) in [6, 6.07) is 9.19. The average Bonchev–Trinajstić information content (AvgIpc) is 3.21. The number of fused-ring (bicyclic) bond motifs is 1. The predicted octanol–water partition coefficient (Wildman–Crippen LogP) is 4.40. The lowest BCUT2D eigenvalue weighted by molar-refractivity contribution is 0.102. The van der Waals surface area contributed by atoms with Gasteiger partial charge >= 0.3 is 0 Å². The second-order valence-corrected chi connectivity index (χ2v) is 7.18. The zero-order chi connectivity index (χ0) is 20.7. The summed E-state index contributed by atoms with van der Waals surface area (Å²) >= 11 is 0. The highest BCUT2D eigenvalue weighted by Crippen LogP contribution is 2.31. The lowest BCUT2D eigenvalue weighted by Gasteiger charge is -2.17. The molecule has 7 heteroatoms. The zero-order valence-electron chi connectivity index (χ0n) is 16.6. The fourth-order valence-corrected chi connectivity index (χ4v) is 3.90. The Morgan fingerprint density at radius 3 is 2.66 bits per heavy atom. The van der Waals surface area contributed by atoms with Gasteiger partial charge in [0.25, 0.3) is 5.91 Å². The van der Waals surface area contributed by atoms with Crippen LogP contribution in [-0.2, 0) is 6.42 Å². The molecule has 0 saturated heterocycles. The van der Waals surface area contributed by atoms with E-state index in [0.29, 0.717) is 22.6 Å². The molecule has 1 N–H and O–H groups in total. The predicted molar refractivity (Wildman–Crippen MR) is 109 cm³/mol. The number of amides is 1. The van der Waals surface area contributed by atoms with Crippen molar-refractivity contribution in [1.29, 1.82) is 0 Å². The summed E-state index contributed by atoms with van der Waals surface area (Å²) < 4.78 is 28.8. The van der Waals surface area contributed by atoms with Gasteiger partial charge in [0.1, 0.15) is 11.5 Å². The van der Waals surface area contributed by atoms with Crippen LogP contribution in [0.5, 0.6) is 0 Å². The zero-order valence-corrected chi connectivity index (χ0v) is 16.6. The topological polar surface area (TPSA) is 50.2 Å². The van der Waals surface area contributed by atoms with Gasteiger partial charge in [0.05, 0.1) is 17.0 Å². The van der Waals surface area contributed by atoms with Gasteiger partial charge in [0.2, 0.25) is 0 Å². The van der Waals surface area contributed by atoms with Crippen molar-refractivity contribution in [2.45, 2.75) is 27.2 Å². The van der Waals surface area contributed by atoms with Crippen LogP contribution in [0.2, 0.25) is 0 Å². The fraction of sp³-hybridized carbons (Fsp3) is 0.273. The summed E-state index contributed by atoms with van der Waals surface area (Å²) in [7, 11) is 0. The molecule has 150 valence electrons. The Morgan fingerprint density at radius 1 is 1.14 bits per heavy atom. The van der Waals surface area contributed by atoms with Gasteiger partial charge in [-0.1, -0.05) is 6.07 Å². The first-order valence-corrected chi connectivity index (χ1v) is 9.60. The van der Waals surface area contributed by atoms with Crippen molar-refractivity contribution >= 4 is 17.3 Å². The molecule has 2 aromatic carbocycles. The number of carbonyl (C=O) groups excluding carboxylic acids is 1. The van der Waals surface area contributed by atoms with Crippen LogP contribution in [0, 0.1) is 25.5 Å². The molecule has 0 spiro atoms. The Labute approximate surface area is 168 Å². The number of nitrogens with zero attached hydrogens (tertiary/aromatic N) is 3. The second-order valence-electron chi connectivity index (χ2n) is 7.18. The first-order chi connectivity index (χ1) is 13.9.